The van der Waals surface area contributed by atoms with E-state index in [-0.39, 0.29) is 12.5 Å². The van der Waals surface area contributed by atoms with Crippen molar-refractivity contribution in [1.29, 1.82) is 0 Å². The molecule has 1 atom stereocenters. The normalized spacial score (nSPS) is 13.0. The molecule has 114 valence electrons. The van der Waals surface area contributed by atoms with Gasteiger partial charge in [-0.3, -0.25) is 9.48 Å². The Morgan fingerprint density at radius 1 is 1.35 bits per heavy atom. The van der Waals surface area contributed by atoms with Gasteiger partial charge in [-0.1, -0.05) is 27.7 Å². The summed E-state index contributed by atoms with van der Waals surface area (Å²) in [4.78, 5) is 12.1. The molecule has 0 radical (unpaired) electrons. The fraction of sp³-hybridized carbons (Fsp3) is 0.733. The van der Waals surface area contributed by atoms with Crippen LogP contribution in [-0.2, 0) is 6.54 Å². The van der Waals surface area contributed by atoms with Gasteiger partial charge in [0.05, 0.1) is 17.9 Å². The smallest absolute Gasteiger partial charge is 0.254 e. The van der Waals surface area contributed by atoms with Crippen LogP contribution >= 0.6 is 0 Å². The van der Waals surface area contributed by atoms with Gasteiger partial charge in [0, 0.05) is 18.8 Å². The lowest BCUT2D eigenvalue weighted by atomic mass is 10.1. The minimum atomic E-state index is -0.495. The second kappa shape index (κ2) is 7.43. The summed E-state index contributed by atoms with van der Waals surface area (Å²) < 4.78 is 1.85. The van der Waals surface area contributed by atoms with Crippen molar-refractivity contribution in [3.05, 3.63) is 17.5 Å². The number of hydrogen-bond donors (Lipinski definition) is 2. The summed E-state index contributed by atoms with van der Waals surface area (Å²) in [7, 11) is 0. The zero-order valence-corrected chi connectivity index (χ0v) is 13.2. The number of aliphatic hydroxyl groups excluding tert-OH is 1. The topological polar surface area (TPSA) is 67.2 Å². The van der Waals surface area contributed by atoms with Gasteiger partial charge in [-0.05, 0) is 25.2 Å². The first-order chi connectivity index (χ1) is 9.31. The van der Waals surface area contributed by atoms with Gasteiger partial charge in [0.25, 0.3) is 5.91 Å². The van der Waals surface area contributed by atoms with Gasteiger partial charge in [-0.25, -0.2) is 0 Å². The van der Waals surface area contributed by atoms with Crippen molar-refractivity contribution in [2.75, 3.05) is 6.54 Å². The molecule has 1 rings (SSSR count). The molecule has 0 spiro atoms. The van der Waals surface area contributed by atoms with Crippen molar-refractivity contribution >= 4 is 5.91 Å². The van der Waals surface area contributed by atoms with Crippen LogP contribution in [0.4, 0.5) is 0 Å². The third-order valence-corrected chi connectivity index (χ3v) is 3.13. The highest BCUT2D eigenvalue weighted by Crippen LogP contribution is 2.10. The van der Waals surface area contributed by atoms with Gasteiger partial charge < -0.3 is 10.4 Å². The van der Waals surface area contributed by atoms with Gasteiger partial charge >= 0.3 is 0 Å². The number of aliphatic hydroxyl groups is 1. The van der Waals surface area contributed by atoms with Crippen molar-refractivity contribution < 1.29 is 9.90 Å². The largest absolute Gasteiger partial charge is 0.391 e. The fourth-order valence-electron chi connectivity index (χ4n) is 2.13. The van der Waals surface area contributed by atoms with Crippen LogP contribution in [0.15, 0.2) is 6.20 Å². The Bertz CT molecular complexity index is 438. The number of carbonyl (C=O) groups is 1. The van der Waals surface area contributed by atoms with E-state index in [1.54, 1.807) is 6.20 Å². The standard InChI is InChI=1S/C15H27N3O2/c1-10(2)6-13(19)7-16-15(20)14-8-17-18(12(14)5)9-11(3)4/h8,10-11,13,19H,6-7,9H2,1-5H3,(H,16,20). The molecule has 1 unspecified atom stereocenters. The third-order valence-electron chi connectivity index (χ3n) is 3.13. The second-order valence-corrected chi connectivity index (χ2v) is 6.21. The first-order valence-electron chi connectivity index (χ1n) is 7.29. The van der Waals surface area contributed by atoms with E-state index >= 15 is 0 Å². The molecule has 0 fully saturated rings. The zero-order chi connectivity index (χ0) is 15.3. The van der Waals surface area contributed by atoms with E-state index in [9.17, 15) is 9.90 Å². The maximum atomic E-state index is 12.1. The monoisotopic (exact) mass is 281 g/mol. The summed E-state index contributed by atoms with van der Waals surface area (Å²) in [6, 6.07) is 0. The number of nitrogens with one attached hydrogen (secondary N) is 1. The molecule has 0 aromatic carbocycles. The molecule has 5 nitrogen and oxygen atoms in total. The summed E-state index contributed by atoms with van der Waals surface area (Å²) in [6.45, 7) is 11.3. The van der Waals surface area contributed by atoms with Crippen LogP contribution in [0, 0.1) is 18.8 Å². The third kappa shape index (κ3) is 4.96. The van der Waals surface area contributed by atoms with E-state index in [4.69, 9.17) is 0 Å². The lowest BCUT2D eigenvalue weighted by molar-refractivity contribution is 0.0899. The Kier molecular flexibility index (Phi) is 6.20. The molecule has 1 heterocycles. The lowest BCUT2D eigenvalue weighted by Crippen LogP contribution is -2.33. The number of rotatable bonds is 7. The summed E-state index contributed by atoms with van der Waals surface area (Å²) in [5.74, 6) is 0.732. The Hall–Kier alpha value is -1.36. The van der Waals surface area contributed by atoms with Gasteiger partial charge in [0.2, 0.25) is 0 Å². The number of carbonyl (C=O) groups excluding carboxylic acids is 1. The van der Waals surface area contributed by atoms with Crippen LogP contribution in [0.5, 0.6) is 0 Å². The van der Waals surface area contributed by atoms with Crippen LogP contribution in [0.25, 0.3) is 0 Å². The minimum Gasteiger partial charge on any atom is -0.391 e. The van der Waals surface area contributed by atoms with E-state index in [0.29, 0.717) is 23.8 Å². The summed E-state index contributed by atoms with van der Waals surface area (Å²) >= 11 is 0. The molecule has 1 aromatic heterocycles. The molecule has 1 amide bonds. The summed E-state index contributed by atoms with van der Waals surface area (Å²) in [5.41, 5.74) is 1.46. The quantitative estimate of drug-likeness (QED) is 0.803. The Morgan fingerprint density at radius 3 is 2.55 bits per heavy atom. The number of aromatic nitrogens is 2. The van der Waals surface area contributed by atoms with Crippen molar-refractivity contribution in [3.63, 3.8) is 0 Å². The summed E-state index contributed by atoms with van der Waals surface area (Å²) in [6.07, 6.45) is 1.79. The molecule has 20 heavy (non-hydrogen) atoms. The van der Waals surface area contributed by atoms with Crippen molar-refractivity contribution in [1.82, 2.24) is 15.1 Å². The molecular formula is C15H27N3O2. The minimum absolute atomic E-state index is 0.166. The Labute approximate surface area is 121 Å². The SMILES string of the molecule is Cc1c(C(=O)NCC(O)CC(C)C)cnn1CC(C)C. The Morgan fingerprint density at radius 2 is 2.00 bits per heavy atom. The van der Waals surface area contributed by atoms with E-state index in [1.807, 2.05) is 25.5 Å². The predicted octanol–water partition coefficient (Wildman–Crippen LogP) is 1.98. The van der Waals surface area contributed by atoms with Crippen LogP contribution in [-0.4, -0.2) is 33.4 Å². The van der Waals surface area contributed by atoms with Crippen molar-refractivity contribution in [3.8, 4) is 0 Å². The molecule has 0 bridgehead atoms. The zero-order valence-electron chi connectivity index (χ0n) is 13.2. The molecule has 0 aliphatic carbocycles. The predicted molar refractivity (Wildman–Crippen MR) is 79.6 cm³/mol. The van der Waals surface area contributed by atoms with Gasteiger partial charge in [0.15, 0.2) is 0 Å². The number of nitrogens with zero attached hydrogens (tertiary/aromatic N) is 2. The molecule has 1 aromatic rings. The molecule has 0 saturated carbocycles. The van der Waals surface area contributed by atoms with E-state index < -0.39 is 6.10 Å². The highest BCUT2D eigenvalue weighted by molar-refractivity contribution is 5.95. The highest BCUT2D eigenvalue weighted by atomic mass is 16.3. The Balaban J connectivity index is 2.58. The van der Waals surface area contributed by atoms with Gasteiger partial charge in [-0.2, -0.15) is 5.10 Å². The van der Waals surface area contributed by atoms with E-state index in [1.165, 1.54) is 0 Å². The average Bonchev–Trinajstić information content (AvgIpc) is 2.66. The van der Waals surface area contributed by atoms with Crippen molar-refractivity contribution in [2.45, 2.75) is 53.7 Å². The maximum absolute atomic E-state index is 12.1. The first kappa shape index (κ1) is 16.7. The second-order valence-electron chi connectivity index (χ2n) is 6.21. The van der Waals surface area contributed by atoms with E-state index in [0.717, 1.165) is 12.2 Å². The van der Waals surface area contributed by atoms with Crippen LogP contribution in [0.2, 0.25) is 0 Å². The summed E-state index contributed by atoms with van der Waals surface area (Å²) in [5, 5.41) is 16.8. The van der Waals surface area contributed by atoms with Crippen LogP contribution in [0.3, 0.4) is 0 Å². The molecular weight excluding hydrogens is 254 g/mol. The average molecular weight is 281 g/mol. The van der Waals surface area contributed by atoms with Crippen LogP contribution in [0.1, 0.15) is 50.2 Å². The van der Waals surface area contributed by atoms with Gasteiger partial charge in [-0.15, -0.1) is 0 Å². The highest BCUT2D eigenvalue weighted by Gasteiger charge is 2.16. The maximum Gasteiger partial charge on any atom is 0.254 e. The van der Waals surface area contributed by atoms with Gasteiger partial charge in [0.1, 0.15) is 0 Å². The van der Waals surface area contributed by atoms with E-state index in [2.05, 4.69) is 24.3 Å². The fourth-order valence-corrected chi connectivity index (χ4v) is 2.13. The molecule has 0 aliphatic heterocycles. The van der Waals surface area contributed by atoms with Crippen molar-refractivity contribution in [2.24, 2.45) is 11.8 Å². The number of amides is 1. The van der Waals surface area contributed by atoms with Crippen LogP contribution < -0.4 is 5.32 Å². The molecule has 5 heteroatoms. The number of hydrogen-bond acceptors (Lipinski definition) is 3. The molecule has 0 aliphatic rings. The molecule has 2 N–H and O–H groups in total. The lowest BCUT2D eigenvalue weighted by Gasteiger charge is -2.14. The first-order valence-corrected chi connectivity index (χ1v) is 7.29. The molecule has 0 saturated heterocycles.